The van der Waals surface area contributed by atoms with E-state index >= 15 is 0 Å². The Morgan fingerprint density at radius 1 is 1.71 bits per heavy atom. The van der Waals surface area contributed by atoms with E-state index in [0.717, 1.165) is 0 Å². The van der Waals surface area contributed by atoms with Crippen LogP contribution in [0.4, 0.5) is 5.82 Å². The fraction of sp³-hybridized carbons (Fsp3) is 0.364. The van der Waals surface area contributed by atoms with Crippen LogP contribution in [-0.4, -0.2) is 29.1 Å². The summed E-state index contributed by atoms with van der Waals surface area (Å²) in [6.07, 6.45) is 0. The molecule has 1 N–H and O–H groups in total. The number of carbonyl (C=O) groups is 1. The molecule has 0 spiro atoms. The maximum Gasteiger partial charge on any atom is 0.326 e. The van der Waals surface area contributed by atoms with Gasteiger partial charge in [-0.3, -0.25) is 0 Å². The highest BCUT2D eigenvalue weighted by atomic mass is 35.5. The van der Waals surface area contributed by atoms with E-state index in [1.807, 2.05) is 6.07 Å². The third kappa shape index (κ3) is 2.66. The second kappa shape index (κ2) is 5.02. The van der Waals surface area contributed by atoms with Crippen LogP contribution in [0.5, 0.6) is 0 Å². The number of hydrogen-bond donors (Lipinski definition) is 1. The number of pyridine rings is 1. The first-order chi connectivity index (χ1) is 7.88. The third-order valence-electron chi connectivity index (χ3n) is 2.54. The van der Waals surface area contributed by atoms with Crippen molar-refractivity contribution < 1.29 is 9.90 Å². The van der Waals surface area contributed by atoms with E-state index < -0.39 is 12.0 Å². The molecular weight excluding hydrogens is 242 g/mol. The minimum Gasteiger partial charge on any atom is -0.480 e. The van der Waals surface area contributed by atoms with Crippen molar-refractivity contribution in [2.24, 2.45) is 0 Å². The summed E-state index contributed by atoms with van der Waals surface area (Å²) < 4.78 is 0. The van der Waals surface area contributed by atoms with Crippen LogP contribution in [0, 0.1) is 18.3 Å². The largest absolute Gasteiger partial charge is 0.480 e. The van der Waals surface area contributed by atoms with Crippen LogP contribution in [0.25, 0.3) is 0 Å². The normalized spacial score (nSPS) is 11.7. The molecule has 1 unspecified atom stereocenters. The number of aliphatic carboxylic acids is 1. The number of likely N-dealkylation sites (N-methyl/N-ethyl adjacent to an activating group) is 1. The Morgan fingerprint density at radius 3 is 2.76 bits per heavy atom. The van der Waals surface area contributed by atoms with Crippen molar-refractivity contribution in [3.63, 3.8) is 0 Å². The van der Waals surface area contributed by atoms with Crippen LogP contribution < -0.4 is 4.90 Å². The van der Waals surface area contributed by atoms with Gasteiger partial charge in [-0.25, -0.2) is 9.78 Å². The molecule has 90 valence electrons. The van der Waals surface area contributed by atoms with Crippen molar-refractivity contribution in [2.75, 3.05) is 11.9 Å². The molecule has 0 bridgehead atoms. The van der Waals surface area contributed by atoms with Crippen LogP contribution in [0.1, 0.15) is 18.2 Å². The van der Waals surface area contributed by atoms with Crippen LogP contribution in [0.3, 0.4) is 0 Å². The number of aromatic nitrogens is 1. The molecule has 0 radical (unpaired) electrons. The van der Waals surface area contributed by atoms with E-state index in [2.05, 4.69) is 4.98 Å². The van der Waals surface area contributed by atoms with Gasteiger partial charge in [-0.15, -0.1) is 0 Å². The van der Waals surface area contributed by atoms with E-state index in [0.29, 0.717) is 17.1 Å². The van der Waals surface area contributed by atoms with Crippen LogP contribution in [0.2, 0.25) is 5.02 Å². The van der Waals surface area contributed by atoms with Crippen molar-refractivity contribution in [3.05, 3.63) is 22.3 Å². The Hall–Kier alpha value is -1.80. The summed E-state index contributed by atoms with van der Waals surface area (Å²) in [5.41, 5.74) is 0.909. The molecule has 0 aliphatic rings. The third-order valence-corrected chi connectivity index (χ3v) is 2.82. The Balaban J connectivity index is 3.20. The van der Waals surface area contributed by atoms with Gasteiger partial charge < -0.3 is 10.0 Å². The van der Waals surface area contributed by atoms with Gasteiger partial charge >= 0.3 is 5.97 Å². The van der Waals surface area contributed by atoms with Gasteiger partial charge in [-0.05, 0) is 19.9 Å². The lowest BCUT2D eigenvalue weighted by molar-refractivity contribution is -0.138. The zero-order valence-electron chi connectivity index (χ0n) is 9.73. The first-order valence-corrected chi connectivity index (χ1v) is 5.29. The Kier molecular flexibility index (Phi) is 3.92. The summed E-state index contributed by atoms with van der Waals surface area (Å²) in [7, 11) is 1.60. The van der Waals surface area contributed by atoms with E-state index in [4.69, 9.17) is 22.0 Å². The highest BCUT2D eigenvalue weighted by molar-refractivity contribution is 6.33. The number of carboxylic acids is 1. The number of nitrogens with zero attached hydrogens (tertiary/aromatic N) is 3. The predicted octanol–water partition coefficient (Wildman–Crippen LogP) is 1.82. The summed E-state index contributed by atoms with van der Waals surface area (Å²) in [5.74, 6) is -0.606. The number of halogens is 1. The second-order valence-corrected chi connectivity index (χ2v) is 4.07. The molecule has 0 saturated heterocycles. The highest BCUT2D eigenvalue weighted by Gasteiger charge is 2.21. The molecule has 6 heteroatoms. The SMILES string of the molecule is Cc1nc(N(C)C(C)C(=O)O)c(Cl)cc1C#N. The van der Waals surface area contributed by atoms with Gasteiger partial charge in [-0.1, -0.05) is 11.6 Å². The standard InChI is InChI=1S/C11H12ClN3O2/c1-6-8(5-13)4-9(12)10(14-6)15(3)7(2)11(16)17/h4,7H,1-3H3,(H,16,17). The fourth-order valence-electron chi connectivity index (χ4n) is 1.28. The Bertz CT molecular complexity index is 496. The quantitative estimate of drug-likeness (QED) is 0.889. The lowest BCUT2D eigenvalue weighted by Gasteiger charge is -2.23. The van der Waals surface area contributed by atoms with Crippen LogP contribution >= 0.6 is 11.6 Å². The average Bonchev–Trinajstić information content (AvgIpc) is 2.29. The molecule has 0 saturated carbocycles. The Morgan fingerprint density at radius 2 is 2.29 bits per heavy atom. The molecule has 0 amide bonds. The van der Waals surface area contributed by atoms with Crippen molar-refractivity contribution in [3.8, 4) is 6.07 Å². The summed E-state index contributed by atoms with van der Waals surface area (Å²) in [4.78, 5) is 16.5. The van der Waals surface area contributed by atoms with Crippen molar-refractivity contribution in [1.29, 1.82) is 5.26 Å². The van der Waals surface area contributed by atoms with Crippen molar-refractivity contribution in [2.45, 2.75) is 19.9 Å². The van der Waals surface area contributed by atoms with Gasteiger partial charge in [0.05, 0.1) is 16.3 Å². The number of hydrogen-bond acceptors (Lipinski definition) is 4. The Labute approximate surface area is 104 Å². The minimum atomic E-state index is -0.965. The first kappa shape index (κ1) is 13.3. The molecule has 0 aliphatic carbocycles. The predicted molar refractivity (Wildman–Crippen MR) is 64.2 cm³/mol. The molecule has 1 atom stereocenters. The molecule has 1 rings (SSSR count). The average molecular weight is 254 g/mol. The lowest BCUT2D eigenvalue weighted by Crippen LogP contribution is -2.36. The van der Waals surface area contributed by atoms with Gasteiger partial charge in [0.15, 0.2) is 0 Å². The maximum atomic E-state index is 10.9. The molecule has 0 aliphatic heterocycles. The van der Waals surface area contributed by atoms with Gasteiger partial charge in [-0.2, -0.15) is 5.26 Å². The lowest BCUT2D eigenvalue weighted by atomic mass is 10.2. The zero-order valence-corrected chi connectivity index (χ0v) is 10.5. The summed E-state index contributed by atoms with van der Waals surface area (Å²) >= 11 is 5.98. The minimum absolute atomic E-state index is 0.266. The molecular formula is C11H12ClN3O2. The highest BCUT2D eigenvalue weighted by Crippen LogP contribution is 2.26. The first-order valence-electron chi connectivity index (χ1n) is 4.91. The number of carboxylic acid groups (broad SMARTS) is 1. The molecule has 0 fully saturated rings. The number of nitriles is 1. The number of anilines is 1. The summed E-state index contributed by atoms with van der Waals surface area (Å²) in [6, 6.07) is 2.72. The summed E-state index contributed by atoms with van der Waals surface area (Å²) in [6.45, 7) is 3.21. The van der Waals surface area contributed by atoms with E-state index in [1.54, 1.807) is 14.0 Å². The van der Waals surface area contributed by atoms with Gasteiger partial charge in [0.2, 0.25) is 0 Å². The molecule has 1 aromatic rings. The molecule has 17 heavy (non-hydrogen) atoms. The van der Waals surface area contributed by atoms with Crippen LogP contribution in [-0.2, 0) is 4.79 Å². The molecule has 0 aromatic carbocycles. The molecule has 5 nitrogen and oxygen atoms in total. The monoisotopic (exact) mass is 253 g/mol. The smallest absolute Gasteiger partial charge is 0.326 e. The van der Waals surface area contributed by atoms with E-state index in [-0.39, 0.29) is 5.02 Å². The topological polar surface area (TPSA) is 77.2 Å². The fourth-order valence-corrected chi connectivity index (χ4v) is 1.56. The zero-order chi connectivity index (χ0) is 13.2. The van der Waals surface area contributed by atoms with E-state index in [9.17, 15) is 4.79 Å². The van der Waals surface area contributed by atoms with Gasteiger partial charge in [0.1, 0.15) is 17.9 Å². The van der Waals surface area contributed by atoms with Crippen molar-refractivity contribution >= 4 is 23.4 Å². The van der Waals surface area contributed by atoms with Gasteiger partial charge in [0.25, 0.3) is 0 Å². The molecule has 1 heterocycles. The number of rotatable bonds is 3. The van der Waals surface area contributed by atoms with E-state index in [1.165, 1.54) is 17.9 Å². The summed E-state index contributed by atoms with van der Waals surface area (Å²) in [5, 5.41) is 18.0. The number of aryl methyl sites for hydroxylation is 1. The van der Waals surface area contributed by atoms with Crippen LogP contribution in [0.15, 0.2) is 6.07 Å². The molecule has 1 aromatic heterocycles. The second-order valence-electron chi connectivity index (χ2n) is 3.66. The maximum absolute atomic E-state index is 10.9. The van der Waals surface area contributed by atoms with Gasteiger partial charge in [0, 0.05) is 7.05 Å². The van der Waals surface area contributed by atoms with Crippen molar-refractivity contribution in [1.82, 2.24) is 4.98 Å².